The topological polar surface area (TPSA) is 228 Å². The third kappa shape index (κ3) is 9.58. The van der Waals surface area contributed by atoms with Gasteiger partial charge in [0.1, 0.15) is 12.1 Å². The summed E-state index contributed by atoms with van der Waals surface area (Å²) in [4.78, 5) is 59.6. The molecule has 0 aliphatic rings. The van der Waals surface area contributed by atoms with Crippen LogP contribution in [0, 0.1) is 5.92 Å². The predicted molar refractivity (Wildman–Crippen MR) is 111 cm³/mol. The molecule has 0 saturated carbocycles. The van der Waals surface area contributed by atoms with Gasteiger partial charge in [-0.2, -0.15) is 0 Å². The monoisotopic (exact) mass is 462 g/mol. The quantitative estimate of drug-likeness (QED) is 0.135. The molecule has 13 nitrogen and oxygen atoms in total. The van der Waals surface area contributed by atoms with E-state index in [2.05, 4.69) is 10.6 Å². The number of aliphatic carboxylic acids is 2. The van der Waals surface area contributed by atoms with Crippen LogP contribution in [0.1, 0.15) is 47.0 Å². The maximum absolute atomic E-state index is 12.7. The van der Waals surface area contributed by atoms with Gasteiger partial charge in [-0.1, -0.05) is 20.3 Å². The van der Waals surface area contributed by atoms with Gasteiger partial charge in [0.05, 0.1) is 18.2 Å². The summed E-state index contributed by atoms with van der Waals surface area (Å²) in [7, 11) is 0. The minimum Gasteiger partial charge on any atom is -0.481 e. The molecule has 0 spiro atoms. The van der Waals surface area contributed by atoms with E-state index < -0.39 is 72.5 Å². The lowest BCUT2D eigenvalue weighted by atomic mass is 9.98. The standard InChI is InChI=1S/C19H34N4O9/c1-5-8(2)13(20)17(29)21-11(6-7-12(26)27)16(28)22-14(9(3)24)18(30)23-15(10(4)25)19(31)32/h8-11,13-15,24-25H,5-7,20H2,1-4H3,(H,21,29)(H,22,28)(H,23,30)(H,26,27)(H,31,32). The Kier molecular flexibility index (Phi) is 12.4. The van der Waals surface area contributed by atoms with Gasteiger partial charge in [-0.15, -0.1) is 0 Å². The summed E-state index contributed by atoms with van der Waals surface area (Å²) < 4.78 is 0. The molecule has 0 aromatic rings. The molecule has 0 radical (unpaired) electrons. The Bertz CT molecular complexity index is 684. The zero-order chi connectivity index (χ0) is 25.2. The molecule has 0 aliphatic carbocycles. The molecule has 9 N–H and O–H groups in total. The first-order chi connectivity index (χ1) is 14.7. The lowest BCUT2D eigenvalue weighted by molar-refractivity contribution is -0.146. The highest BCUT2D eigenvalue weighted by Crippen LogP contribution is 2.08. The molecule has 0 aromatic carbocycles. The second-order valence-corrected chi connectivity index (χ2v) is 7.70. The maximum Gasteiger partial charge on any atom is 0.328 e. The fourth-order valence-corrected chi connectivity index (χ4v) is 2.61. The number of hydrogen-bond acceptors (Lipinski definition) is 8. The summed E-state index contributed by atoms with van der Waals surface area (Å²) in [5.74, 6) is -5.74. The van der Waals surface area contributed by atoms with Crippen LogP contribution in [-0.4, -0.2) is 86.5 Å². The molecule has 0 fully saturated rings. The highest BCUT2D eigenvalue weighted by molar-refractivity contribution is 5.94. The molecule has 0 rings (SSSR count). The number of carboxylic acid groups (broad SMARTS) is 2. The Balaban J connectivity index is 5.52. The number of aliphatic hydroxyl groups excluding tert-OH is 2. The van der Waals surface area contributed by atoms with Gasteiger partial charge < -0.3 is 42.1 Å². The van der Waals surface area contributed by atoms with Crippen molar-refractivity contribution in [1.29, 1.82) is 0 Å². The second-order valence-electron chi connectivity index (χ2n) is 7.70. The fraction of sp³-hybridized carbons (Fsp3) is 0.737. The zero-order valence-corrected chi connectivity index (χ0v) is 18.6. The normalized spacial score (nSPS) is 17.6. The van der Waals surface area contributed by atoms with Crippen molar-refractivity contribution in [2.75, 3.05) is 0 Å². The molecule has 184 valence electrons. The molecule has 0 bridgehead atoms. The molecule has 32 heavy (non-hydrogen) atoms. The molecular formula is C19H34N4O9. The SMILES string of the molecule is CCC(C)C(N)C(=O)NC(CCC(=O)O)C(=O)NC(C(=O)NC(C(=O)O)C(C)O)C(C)O. The van der Waals surface area contributed by atoms with Crippen LogP contribution in [0.3, 0.4) is 0 Å². The van der Waals surface area contributed by atoms with Crippen LogP contribution in [0.15, 0.2) is 0 Å². The first-order valence-corrected chi connectivity index (χ1v) is 10.2. The summed E-state index contributed by atoms with van der Waals surface area (Å²) in [6, 6.07) is -5.68. The van der Waals surface area contributed by atoms with Gasteiger partial charge in [-0.3, -0.25) is 19.2 Å². The van der Waals surface area contributed by atoms with E-state index in [0.29, 0.717) is 6.42 Å². The predicted octanol–water partition coefficient (Wildman–Crippen LogP) is -2.47. The Hall–Kier alpha value is -2.77. The van der Waals surface area contributed by atoms with Crippen LogP contribution < -0.4 is 21.7 Å². The van der Waals surface area contributed by atoms with Crippen molar-refractivity contribution in [3.63, 3.8) is 0 Å². The van der Waals surface area contributed by atoms with Crippen molar-refractivity contribution in [1.82, 2.24) is 16.0 Å². The summed E-state index contributed by atoms with van der Waals surface area (Å²) in [6.45, 7) is 5.83. The van der Waals surface area contributed by atoms with Crippen LogP contribution >= 0.6 is 0 Å². The van der Waals surface area contributed by atoms with Gasteiger partial charge >= 0.3 is 11.9 Å². The first kappa shape index (κ1) is 29.2. The van der Waals surface area contributed by atoms with Crippen molar-refractivity contribution in [3.8, 4) is 0 Å². The lowest BCUT2D eigenvalue weighted by Crippen LogP contribution is -2.61. The molecule has 0 saturated heterocycles. The number of rotatable bonds is 14. The highest BCUT2D eigenvalue weighted by atomic mass is 16.4. The molecule has 0 heterocycles. The second kappa shape index (κ2) is 13.6. The molecule has 3 amide bonds. The minimum atomic E-state index is -1.70. The Morgan fingerprint density at radius 2 is 1.31 bits per heavy atom. The summed E-state index contributed by atoms with van der Waals surface area (Å²) >= 11 is 0. The first-order valence-electron chi connectivity index (χ1n) is 10.2. The van der Waals surface area contributed by atoms with Crippen molar-refractivity contribution < 1.29 is 44.4 Å². The lowest BCUT2D eigenvalue weighted by Gasteiger charge is -2.27. The number of nitrogens with two attached hydrogens (primary N) is 1. The van der Waals surface area contributed by atoms with E-state index in [9.17, 15) is 34.2 Å². The van der Waals surface area contributed by atoms with Crippen molar-refractivity contribution in [3.05, 3.63) is 0 Å². The third-order valence-corrected chi connectivity index (χ3v) is 4.95. The molecule has 0 aromatic heterocycles. The molecule has 7 atom stereocenters. The highest BCUT2D eigenvalue weighted by Gasteiger charge is 2.34. The van der Waals surface area contributed by atoms with E-state index in [0.717, 1.165) is 13.8 Å². The molecule has 7 unspecified atom stereocenters. The number of nitrogens with one attached hydrogen (secondary N) is 3. The largest absolute Gasteiger partial charge is 0.481 e. The van der Waals surface area contributed by atoms with Crippen LogP contribution in [0.25, 0.3) is 0 Å². The van der Waals surface area contributed by atoms with E-state index in [1.807, 2.05) is 12.2 Å². The van der Waals surface area contributed by atoms with Crippen molar-refractivity contribution in [2.45, 2.75) is 83.3 Å². The maximum atomic E-state index is 12.7. The number of aliphatic hydroxyl groups is 2. The van der Waals surface area contributed by atoms with E-state index in [1.54, 1.807) is 6.92 Å². The number of carbonyl (C=O) groups excluding carboxylic acids is 3. The van der Waals surface area contributed by atoms with E-state index in [4.69, 9.17) is 15.9 Å². The van der Waals surface area contributed by atoms with Crippen molar-refractivity contribution in [2.24, 2.45) is 11.7 Å². The number of amides is 3. The summed E-state index contributed by atoms with van der Waals surface area (Å²) in [6.07, 6.45) is -3.17. The Morgan fingerprint density at radius 1 is 0.812 bits per heavy atom. The average molecular weight is 463 g/mol. The van der Waals surface area contributed by atoms with Gasteiger partial charge in [0.15, 0.2) is 6.04 Å². The average Bonchev–Trinajstić information content (AvgIpc) is 2.70. The van der Waals surface area contributed by atoms with Gasteiger partial charge in [-0.25, -0.2) is 4.79 Å². The van der Waals surface area contributed by atoms with Gasteiger partial charge in [0.25, 0.3) is 0 Å². The number of hydrogen-bond donors (Lipinski definition) is 8. The molecule has 13 heteroatoms. The van der Waals surface area contributed by atoms with Crippen LogP contribution in [-0.2, 0) is 24.0 Å². The van der Waals surface area contributed by atoms with Crippen molar-refractivity contribution >= 4 is 29.7 Å². The van der Waals surface area contributed by atoms with Crippen LogP contribution in [0.4, 0.5) is 0 Å². The number of carbonyl (C=O) groups is 5. The summed E-state index contributed by atoms with van der Waals surface area (Å²) in [5, 5.41) is 44.0. The smallest absolute Gasteiger partial charge is 0.328 e. The van der Waals surface area contributed by atoms with Gasteiger partial charge in [0.2, 0.25) is 17.7 Å². The van der Waals surface area contributed by atoms with Gasteiger partial charge in [-0.05, 0) is 26.2 Å². The minimum absolute atomic E-state index is 0.220. The van der Waals surface area contributed by atoms with E-state index >= 15 is 0 Å². The van der Waals surface area contributed by atoms with E-state index in [-0.39, 0.29) is 12.3 Å². The molecule has 0 aliphatic heterocycles. The van der Waals surface area contributed by atoms with E-state index in [1.165, 1.54) is 0 Å². The number of carboxylic acids is 2. The van der Waals surface area contributed by atoms with Crippen LogP contribution in [0.2, 0.25) is 0 Å². The molecular weight excluding hydrogens is 428 g/mol. The Labute approximate surface area is 185 Å². The van der Waals surface area contributed by atoms with Crippen LogP contribution in [0.5, 0.6) is 0 Å². The fourth-order valence-electron chi connectivity index (χ4n) is 2.61. The van der Waals surface area contributed by atoms with Gasteiger partial charge in [0, 0.05) is 6.42 Å². The summed E-state index contributed by atoms with van der Waals surface area (Å²) in [5.41, 5.74) is 5.84. The third-order valence-electron chi connectivity index (χ3n) is 4.95. The Morgan fingerprint density at radius 3 is 1.72 bits per heavy atom. The zero-order valence-electron chi connectivity index (χ0n) is 18.6.